The zero-order valence-electron chi connectivity index (χ0n) is 11.3. The zero-order chi connectivity index (χ0) is 15.7. The number of hydrogen-bond donors (Lipinski definition) is 2. The lowest BCUT2D eigenvalue weighted by Gasteiger charge is -2.27. The Bertz CT molecular complexity index is 767. The van der Waals surface area contributed by atoms with Crippen LogP contribution in [-0.2, 0) is 9.59 Å². The predicted octanol–water partition coefficient (Wildman–Crippen LogP) is 0.503. The number of nitrogens with one attached hydrogen (secondary N) is 1. The van der Waals surface area contributed by atoms with Crippen LogP contribution in [-0.4, -0.2) is 41.1 Å². The van der Waals surface area contributed by atoms with Gasteiger partial charge in [-0.3, -0.25) is 9.59 Å². The predicted molar refractivity (Wildman–Crippen MR) is 74.3 cm³/mol. The van der Waals surface area contributed by atoms with Crippen molar-refractivity contribution >= 4 is 23.5 Å². The SMILES string of the molecule is O=C1NCCN(c2ccccc2-c2cc(C(=O)O)no2)C1=O. The van der Waals surface area contributed by atoms with Crippen molar-refractivity contribution in [2.45, 2.75) is 0 Å². The Kier molecular flexibility index (Phi) is 3.34. The zero-order valence-corrected chi connectivity index (χ0v) is 11.3. The Labute approximate surface area is 124 Å². The van der Waals surface area contributed by atoms with E-state index in [1.165, 1.54) is 11.0 Å². The van der Waals surface area contributed by atoms with Crippen LogP contribution < -0.4 is 10.2 Å². The van der Waals surface area contributed by atoms with Crippen molar-refractivity contribution in [3.63, 3.8) is 0 Å². The molecular formula is C14H11N3O5. The van der Waals surface area contributed by atoms with E-state index < -0.39 is 17.8 Å². The van der Waals surface area contributed by atoms with Crippen LogP contribution in [0.2, 0.25) is 0 Å². The number of carbonyl (C=O) groups is 3. The molecule has 0 atom stereocenters. The number of piperazine rings is 1. The van der Waals surface area contributed by atoms with Crippen molar-refractivity contribution in [3.8, 4) is 11.3 Å². The second-order valence-corrected chi connectivity index (χ2v) is 4.61. The monoisotopic (exact) mass is 301 g/mol. The molecule has 8 nitrogen and oxygen atoms in total. The van der Waals surface area contributed by atoms with E-state index in [-0.39, 0.29) is 11.5 Å². The standard InChI is InChI=1S/C14H11N3O5/c18-12-13(19)17(6-5-15-12)10-4-2-1-3-8(10)11-7-9(14(20)21)16-22-11/h1-4,7H,5-6H2,(H,15,18)(H,20,21). The molecule has 112 valence electrons. The summed E-state index contributed by atoms with van der Waals surface area (Å²) in [6.07, 6.45) is 0. The number of rotatable bonds is 3. The van der Waals surface area contributed by atoms with Crippen molar-refractivity contribution in [2.24, 2.45) is 0 Å². The van der Waals surface area contributed by atoms with Gasteiger partial charge in [0.2, 0.25) is 0 Å². The number of aromatic carboxylic acids is 1. The van der Waals surface area contributed by atoms with E-state index in [0.717, 1.165) is 0 Å². The number of anilines is 1. The van der Waals surface area contributed by atoms with E-state index in [0.29, 0.717) is 24.3 Å². The number of hydrogen-bond acceptors (Lipinski definition) is 5. The first-order chi connectivity index (χ1) is 10.6. The summed E-state index contributed by atoms with van der Waals surface area (Å²) >= 11 is 0. The lowest BCUT2D eigenvalue weighted by molar-refractivity contribution is -0.138. The van der Waals surface area contributed by atoms with Gasteiger partial charge in [0.15, 0.2) is 11.5 Å². The van der Waals surface area contributed by atoms with Crippen molar-refractivity contribution in [1.82, 2.24) is 10.5 Å². The molecule has 2 aromatic rings. The van der Waals surface area contributed by atoms with Crippen LogP contribution in [0.1, 0.15) is 10.5 Å². The van der Waals surface area contributed by atoms with Crippen LogP contribution in [0.25, 0.3) is 11.3 Å². The van der Waals surface area contributed by atoms with Crippen molar-refractivity contribution in [2.75, 3.05) is 18.0 Å². The van der Waals surface area contributed by atoms with E-state index in [4.69, 9.17) is 9.63 Å². The van der Waals surface area contributed by atoms with Crippen LogP contribution in [0, 0.1) is 0 Å². The van der Waals surface area contributed by atoms with E-state index in [1.54, 1.807) is 24.3 Å². The Hall–Kier alpha value is -3.16. The Morgan fingerprint density at radius 1 is 1.32 bits per heavy atom. The third-order valence-electron chi connectivity index (χ3n) is 3.25. The third kappa shape index (κ3) is 2.30. The minimum absolute atomic E-state index is 0.215. The Morgan fingerprint density at radius 2 is 2.09 bits per heavy atom. The van der Waals surface area contributed by atoms with E-state index in [9.17, 15) is 14.4 Å². The number of carboxylic acids is 1. The van der Waals surface area contributed by atoms with Gasteiger partial charge in [-0.1, -0.05) is 17.3 Å². The number of para-hydroxylation sites is 1. The number of nitrogens with zero attached hydrogens (tertiary/aromatic N) is 2. The van der Waals surface area contributed by atoms with Gasteiger partial charge in [-0.2, -0.15) is 0 Å². The molecule has 8 heteroatoms. The molecule has 1 aromatic carbocycles. The van der Waals surface area contributed by atoms with Crippen LogP contribution in [0.15, 0.2) is 34.9 Å². The van der Waals surface area contributed by atoms with Crippen molar-refractivity contribution < 1.29 is 24.0 Å². The molecule has 1 aliphatic rings. The van der Waals surface area contributed by atoms with Crippen LogP contribution in [0.3, 0.4) is 0 Å². The second kappa shape index (κ2) is 5.32. The maximum absolute atomic E-state index is 12.0. The molecular weight excluding hydrogens is 290 g/mol. The molecule has 0 aliphatic carbocycles. The molecule has 2 N–H and O–H groups in total. The Morgan fingerprint density at radius 3 is 2.82 bits per heavy atom. The summed E-state index contributed by atoms with van der Waals surface area (Å²) < 4.78 is 5.04. The average molecular weight is 301 g/mol. The number of carbonyl (C=O) groups excluding carboxylic acids is 2. The summed E-state index contributed by atoms with van der Waals surface area (Å²) in [7, 11) is 0. The summed E-state index contributed by atoms with van der Waals surface area (Å²) in [4.78, 5) is 35.7. The van der Waals surface area contributed by atoms with E-state index in [1.807, 2.05) is 0 Å². The molecule has 0 unspecified atom stereocenters. The summed E-state index contributed by atoms with van der Waals surface area (Å²) in [6, 6.07) is 8.04. The number of amides is 2. The molecule has 22 heavy (non-hydrogen) atoms. The van der Waals surface area contributed by atoms with Crippen LogP contribution >= 0.6 is 0 Å². The molecule has 3 rings (SSSR count). The topological polar surface area (TPSA) is 113 Å². The first kappa shape index (κ1) is 13.8. The first-order valence-corrected chi connectivity index (χ1v) is 6.47. The molecule has 2 heterocycles. The molecule has 0 spiro atoms. The lowest BCUT2D eigenvalue weighted by atomic mass is 10.1. The van der Waals surface area contributed by atoms with Gasteiger partial charge in [-0.25, -0.2) is 4.79 Å². The van der Waals surface area contributed by atoms with Crippen molar-refractivity contribution in [3.05, 3.63) is 36.0 Å². The van der Waals surface area contributed by atoms with Gasteiger partial charge in [-0.15, -0.1) is 0 Å². The highest BCUT2D eigenvalue weighted by Crippen LogP contribution is 2.31. The second-order valence-electron chi connectivity index (χ2n) is 4.61. The maximum Gasteiger partial charge on any atom is 0.358 e. The van der Waals surface area contributed by atoms with Gasteiger partial charge in [0.25, 0.3) is 0 Å². The highest BCUT2D eigenvalue weighted by molar-refractivity contribution is 6.41. The first-order valence-electron chi connectivity index (χ1n) is 6.47. The van der Waals surface area contributed by atoms with Gasteiger partial charge in [0.05, 0.1) is 5.69 Å². The molecule has 1 aromatic heterocycles. The third-order valence-corrected chi connectivity index (χ3v) is 3.25. The fourth-order valence-electron chi connectivity index (χ4n) is 2.23. The fraction of sp³-hybridized carbons (Fsp3) is 0.143. The summed E-state index contributed by atoms with van der Waals surface area (Å²) in [6.45, 7) is 0.664. The quantitative estimate of drug-likeness (QED) is 0.798. The van der Waals surface area contributed by atoms with E-state index >= 15 is 0 Å². The van der Waals surface area contributed by atoms with Crippen LogP contribution in [0.5, 0.6) is 0 Å². The molecule has 1 fully saturated rings. The fourth-order valence-corrected chi connectivity index (χ4v) is 2.23. The van der Waals surface area contributed by atoms with E-state index in [2.05, 4.69) is 10.5 Å². The largest absolute Gasteiger partial charge is 0.476 e. The average Bonchev–Trinajstić information content (AvgIpc) is 3.00. The van der Waals surface area contributed by atoms with Gasteiger partial charge in [-0.05, 0) is 12.1 Å². The van der Waals surface area contributed by atoms with Gasteiger partial charge >= 0.3 is 17.8 Å². The highest BCUT2D eigenvalue weighted by Gasteiger charge is 2.29. The van der Waals surface area contributed by atoms with Gasteiger partial charge in [0.1, 0.15) is 0 Å². The molecule has 0 bridgehead atoms. The highest BCUT2D eigenvalue weighted by atomic mass is 16.5. The van der Waals surface area contributed by atoms with Gasteiger partial charge < -0.3 is 19.8 Å². The molecule has 1 aliphatic heterocycles. The molecule has 0 saturated carbocycles. The normalized spacial score (nSPS) is 14.8. The Balaban J connectivity index is 2.04. The maximum atomic E-state index is 12.0. The molecule has 0 radical (unpaired) electrons. The minimum Gasteiger partial charge on any atom is -0.476 e. The minimum atomic E-state index is -1.21. The number of aromatic nitrogens is 1. The number of benzene rings is 1. The summed E-state index contributed by atoms with van der Waals surface area (Å²) in [5.74, 6) is -2.34. The summed E-state index contributed by atoms with van der Waals surface area (Å²) in [5.41, 5.74) is 0.730. The molecule has 2 amide bonds. The van der Waals surface area contributed by atoms with Gasteiger partial charge in [0, 0.05) is 24.7 Å². The van der Waals surface area contributed by atoms with Crippen LogP contribution in [0.4, 0.5) is 5.69 Å². The number of carboxylic acid groups (broad SMARTS) is 1. The lowest BCUT2D eigenvalue weighted by Crippen LogP contribution is -2.52. The smallest absolute Gasteiger partial charge is 0.358 e. The molecule has 1 saturated heterocycles. The summed E-state index contributed by atoms with van der Waals surface area (Å²) in [5, 5.41) is 14.8. The van der Waals surface area contributed by atoms with Crippen molar-refractivity contribution in [1.29, 1.82) is 0 Å².